The molecule has 0 aromatic rings. The van der Waals surface area contributed by atoms with Crippen molar-refractivity contribution in [3.05, 3.63) is 0 Å². The normalized spacial score (nSPS) is 26.5. The van der Waals surface area contributed by atoms with Crippen LogP contribution in [0.15, 0.2) is 0 Å². The highest BCUT2D eigenvalue weighted by Crippen LogP contribution is 2.28. The van der Waals surface area contributed by atoms with Gasteiger partial charge in [-0.1, -0.05) is 39.0 Å². The number of hydrogen-bond acceptors (Lipinski definition) is 2. The zero-order valence-electron chi connectivity index (χ0n) is 12.2. The maximum atomic E-state index is 6.09. The van der Waals surface area contributed by atoms with E-state index >= 15 is 0 Å². The van der Waals surface area contributed by atoms with Gasteiger partial charge in [0.2, 0.25) is 0 Å². The van der Waals surface area contributed by atoms with E-state index in [1.165, 1.54) is 57.9 Å². The molecule has 1 aliphatic rings. The zero-order chi connectivity index (χ0) is 12.7. The fraction of sp³-hybridized carbons (Fsp3) is 1.00. The highest BCUT2D eigenvalue weighted by atomic mass is 15.2. The van der Waals surface area contributed by atoms with E-state index in [9.17, 15) is 0 Å². The number of likely N-dealkylation sites (tertiary alicyclic amines) is 1. The number of nitrogens with zero attached hydrogens (tertiary/aromatic N) is 1. The lowest BCUT2D eigenvalue weighted by Gasteiger charge is -2.44. The Morgan fingerprint density at radius 2 is 2.00 bits per heavy atom. The van der Waals surface area contributed by atoms with E-state index < -0.39 is 0 Å². The largest absolute Gasteiger partial charge is 0.329 e. The van der Waals surface area contributed by atoms with Gasteiger partial charge < -0.3 is 5.73 Å². The summed E-state index contributed by atoms with van der Waals surface area (Å²) < 4.78 is 0. The van der Waals surface area contributed by atoms with Crippen LogP contribution in [0.4, 0.5) is 0 Å². The van der Waals surface area contributed by atoms with E-state index in [1.807, 2.05) is 0 Å². The summed E-state index contributed by atoms with van der Waals surface area (Å²) in [5.74, 6) is 0. The highest BCUT2D eigenvalue weighted by Gasteiger charge is 2.33. The van der Waals surface area contributed by atoms with E-state index in [4.69, 9.17) is 5.73 Å². The number of rotatable bonds is 6. The zero-order valence-corrected chi connectivity index (χ0v) is 12.2. The van der Waals surface area contributed by atoms with Gasteiger partial charge in [0.05, 0.1) is 0 Å². The van der Waals surface area contributed by atoms with Crippen molar-refractivity contribution in [2.75, 3.05) is 13.1 Å². The summed E-state index contributed by atoms with van der Waals surface area (Å²) in [4.78, 5) is 2.70. The second-order valence-electron chi connectivity index (χ2n) is 6.05. The Morgan fingerprint density at radius 1 is 1.24 bits per heavy atom. The van der Waals surface area contributed by atoms with Gasteiger partial charge in [0.1, 0.15) is 0 Å². The van der Waals surface area contributed by atoms with Crippen molar-refractivity contribution in [1.29, 1.82) is 0 Å². The van der Waals surface area contributed by atoms with Crippen LogP contribution in [-0.2, 0) is 0 Å². The lowest BCUT2D eigenvalue weighted by Crippen LogP contribution is -2.55. The monoisotopic (exact) mass is 240 g/mol. The SMILES string of the molecule is CCCCCC(C)(CN)N1CCCCCC1C. The van der Waals surface area contributed by atoms with Crippen LogP contribution in [0.2, 0.25) is 0 Å². The molecule has 0 aromatic carbocycles. The topological polar surface area (TPSA) is 29.3 Å². The molecule has 1 saturated heterocycles. The van der Waals surface area contributed by atoms with Crippen molar-refractivity contribution < 1.29 is 0 Å². The minimum Gasteiger partial charge on any atom is -0.329 e. The fourth-order valence-corrected chi connectivity index (χ4v) is 3.20. The van der Waals surface area contributed by atoms with Crippen LogP contribution in [0.5, 0.6) is 0 Å². The molecule has 0 spiro atoms. The molecule has 0 aliphatic carbocycles. The van der Waals surface area contributed by atoms with Crippen molar-refractivity contribution in [2.24, 2.45) is 5.73 Å². The average molecular weight is 240 g/mol. The predicted octanol–water partition coefficient (Wildman–Crippen LogP) is 3.55. The van der Waals surface area contributed by atoms with Gasteiger partial charge in [-0.2, -0.15) is 0 Å². The van der Waals surface area contributed by atoms with E-state index in [-0.39, 0.29) is 5.54 Å². The molecule has 2 N–H and O–H groups in total. The Bertz CT molecular complexity index is 205. The average Bonchev–Trinajstić information content (AvgIpc) is 2.54. The van der Waals surface area contributed by atoms with Crippen LogP contribution >= 0.6 is 0 Å². The van der Waals surface area contributed by atoms with Crippen molar-refractivity contribution >= 4 is 0 Å². The van der Waals surface area contributed by atoms with E-state index in [2.05, 4.69) is 25.7 Å². The summed E-state index contributed by atoms with van der Waals surface area (Å²) in [5.41, 5.74) is 6.33. The summed E-state index contributed by atoms with van der Waals surface area (Å²) in [7, 11) is 0. The molecule has 2 heteroatoms. The highest BCUT2D eigenvalue weighted by molar-refractivity contribution is 4.91. The van der Waals surface area contributed by atoms with Crippen molar-refractivity contribution in [1.82, 2.24) is 4.90 Å². The Morgan fingerprint density at radius 3 is 2.65 bits per heavy atom. The smallest absolute Gasteiger partial charge is 0.0306 e. The maximum absolute atomic E-state index is 6.09. The molecule has 0 radical (unpaired) electrons. The Labute approximate surface area is 108 Å². The molecule has 2 unspecified atom stereocenters. The van der Waals surface area contributed by atoms with Gasteiger partial charge in [-0.15, -0.1) is 0 Å². The summed E-state index contributed by atoms with van der Waals surface area (Å²) in [5, 5.41) is 0. The first-order valence-electron chi connectivity index (χ1n) is 7.61. The van der Waals surface area contributed by atoms with E-state index in [0.717, 1.165) is 6.54 Å². The third kappa shape index (κ3) is 4.26. The Kier molecular flexibility index (Phi) is 6.50. The van der Waals surface area contributed by atoms with Gasteiger partial charge in [0.25, 0.3) is 0 Å². The molecule has 0 bridgehead atoms. The molecule has 1 aliphatic heterocycles. The molecule has 2 nitrogen and oxygen atoms in total. The molecule has 0 saturated carbocycles. The summed E-state index contributed by atoms with van der Waals surface area (Å²) in [6, 6.07) is 0.715. The quantitative estimate of drug-likeness (QED) is 0.719. The summed E-state index contributed by atoms with van der Waals surface area (Å²) in [6.07, 6.45) is 10.7. The molecule has 1 heterocycles. The van der Waals surface area contributed by atoms with Crippen LogP contribution in [0.25, 0.3) is 0 Å². The van der Waals surface area contributed by atoms with E-state index in [0.29, 0.717) is 6.04 Å². The first-order chi connectivity index (χ1) is 8.14. The van der Waals surface area contributed by atoms with Gasteiger partial charge in [-0.25, -0.2) is 0 Å². The summed E-state index contributed by atoms with van der Waals surface area (Å²) >= 11 is 0. The second-order valence-corrected chi connectivity index (χ2v) is 6.05. The van der Waals surface area contributed by atoms with Gasteiger partial charge in [0.15, 0.2) is 0 Å². The second kappa shape index (κ2) is 7.38. The first kappa shape index (κ1) is 15.0. The third-order valence-corrected chi connectivity index (χ3v) is 4.51. The molecule has 1 rings (SSSR count). The molecule has 0 aromatic heterocycles. The predicted molar refractivity (Wildman–Crippen MR) is 76.2 cm³/mol. The van der Waals surface area contributed by atoms with Crippen molar-refractivity contribution in [3.8, 4) is 0 Å². The van der Waals surface area contributed by atoms with Gasteiger partial charge >= 0.3 is 0 Å². The van der Waals surface area contributed by atoms with Crippen LogP contribution in [0, 0.1) is 0 Å². The van der Waals surface area contributed by atoms with Crippen molar-refractivity contribution in [2.45, 2.75) is 83.7 Å². The number of nitrogens with two attached hydrogens (primary N) is 1. The molecule has 102 valence electrons. The Balaban J connectivity index is 2.60. The fourth-order valence-electron chi connectivity index (χ4n) is 3.20. The lowest BCUT2D eigenvalue weighted by molar-refractivity contribution is 0.0619. The number of hydrogen-bond donors (Lipinski definition) is 1. The Hall–Kier alpha value is -0.0800. The molecular weight excluding hydrogens is 208 g/mol. The summed E-state index contributed by atoms with van der Waals surface area (Å²) in [6.45, 7) is 9.10. The van der Waals surface area contributed by atoms with Crippen LogP contribution in [-0.4, -0.2) is 29.6 Å². The van der Waals surface area contributed by atoms with Crippen molar-refractivity contribution in [3.63, 3.8) is 0 Å². The molecular formula is C15H32N2. The third-order valence-electron chi connectivity index (χ3n) is 4.51. The minimum absolute atomic E-state index is 0.235. The first-order valence-corrected chi connectivity index (χ1v) is 7.61. The molecule has 0 amide bonds. The van der Waals surface area contributed by atoms with Gasteiger partial charge in [0, 0.05) is 18.1 Å². The van der Waals surface area contributed by atoms with Crippen LogP contribution in [0.1, 0.15) is 72.1 Å². The van der Waals surface area contributed by atoms with Gasteiger partial charge in [-0.05, 0) is 39.7 Å². The molecule has 17 heavy (non-hydrogen) atoms. The molecule has 2 atom stereocenters. The van der Waals surface area contributed by atoms with E-state index in [1.54, 1.807) is 0 Å². The van der Waals surface area contributed by atoms with Gasteiger partial charge in [-0.3, -0.25) is 4.90 Å². The standard InChI is InChI=1S/C15H32N2/c1-4-5-8-11-15(3,13-16)17-12-9-6-7-10-14(17)2/h14H,4-13,16H2,1-3H3. The number of unbranched alkanes of at least 4 members (excludes halogenated alkanes) is 2. The van der Waals surface area contributed by atoms with Crippen LogP contribution in [0.3, 0.4) is 0 Å². The lowest BCUT2D eigenvalue weighted by atomic mass is 9.90. The molecule has 1 fully saturated rings. The van der Waals surface area contributed by atoms with Crippen LogP contribution < -0.4 is 5.73 Å². The maximum Gasteiger partial charge on any atom is 0.0306 e. The minimum atomic E-state index is 0.235.